The van der Waals surface area contributed by atoms with Crippen molar-refractivity contribution >= 4 is 0 Å². The van der Waals surface area contributed by atoms with Gasteiger partial charge in [-0.25, -0.2) is 13.2 Å². The van der Waals surface area contributed by atoms with Gasteiger partial charge in [0.2, 0.25) is 0 Å². The van der Waals surface area contributed by atoms with E-state index in [4.69, 9.17) is 0 Å². The number of piperidine rings is 1. The molecule has 1 heterocycles. The van der Waals surface area contributed by atoms with E-state index in [0.29, 0.717) is 5.56 Å². The Morgan fingerprint density at radius 1 is 1.07 bits per heavy atom. The molecule has 1 aromatic carbocycles. The van der Waals surface area contributed by atoms with Crippen LogP contribution in [0.5, 0.6) is 0 Å². The van der Waals surface area contributed by atoms with Gasteiger partial charge in [0.15, 0.2) is 17.5 Å². The van der Waals surface area contributed by atoms with E-state index in [-0.39, 0.29) is 6.04 Å². The second-order valence-corrected chi connectivity index (χ2v) is 3.80. The first-order valence-electron chi connectivity index (χ1n) is 5.06. The molecule has 1 aliphatic heterocycles. The summed E-state index contributed by atoms with van der Waals surface area (Å²) < 4.78 is 38.6. The molecular weight excluding hydrogens is 203 g/mol. The minimum absolute atomic E-state index is 0.0525. The molecule has 4 heteroatoms. The predicted octanol–water partition coefficient (Wildman–Crippen LogP) is 2.92. The summed E-state index contributed by atoms with van der Waals surface area (Å²) in [5, 5.41) is 3.15. The van der Waals surface area contributed by atoms with E-state index >= 15 is 0 Å². The smallest absolute Gasteiger partial charge is 0.194 e. The standard InChI is InChI=1S/C11H12F3N/c12-8-5-7(6-9(13)11(8)14)10-3-1-2-4-15-10/h5-6,10,15H,1-4H2. The first kappa shape index (κ1) is 10.5. The Morgan fingerprint density at radius 3 is 2.27 bits per heavy atom. The van der Waals surface area contributed by atoms with E-state index in [0.717, 1.165) is 37.9 Å². The van der Waals surface area contributed by atoms with Crippen LogP contribution in [0.2, 0.25) is 0 Å². The summed E-state index contributed by atoms with van der Waals surface area (Å²) in [6.07, 6.45) is 2.94. The van der Waals surface area contributed by atoms with Crippen molar-refractivity contribution in [3.05, 3.63) is 35.1 Å². The minimum Gasteiger partial charge on any atom is -0.310 e. The van der Waals surface area contributed by atoms with Gasteiger partial charge in [0.05, 0.1) is 0 Å². The Hall–Kier alpha value is -1.03. The fourth-order valence-electron chi connectivity index (χ4n) is 1.91. The van der Waals surface area contributed by atoms with Crippen molar-refractivity contribution in [1.29, 1.82) is 0 Å². The Bertz CT molecular complexity index is 336. The van der Waals surface area contributed by atoms with Gasteiger partial charge in [0, 0.05) is 6.04 Å². The highest BCUT2D eigenvalue weighted by molar-refractivity contribution is 5.23. The molecule has 1 aliphatic rings. The van der Waals surface area contributed by atoms with Gasteiger partial charge in [-0.2, -0.15) is 0 Å². The number of halogens is 3. The van der Waals surface area contributed by atoms with Gasteiger partial charge in [-0.05, 0) is 37.1 Å². The van der Waals surface area contributed by atoms with E-state index in [2.05, 4.69) is 5.32 Å². The molecule has 15 heavy (non-hydrogen) atoms. The molecule has 0 spiro atoms. The molecule has 2 rings (SSSR count). The summed E-state index contributed by atoms with van der Waals surface area (Å²) in [7, 11) is 0. The highest BCUT2D eigenvalue weighted by Gasteiger charge is 2.18. The Kier molecular flexibility index (Phi) is 2.95. The number of nitrogens with one attached hydrogen (secondary N) is 1. The van der Waals surface area contributed by atoms with Crippen molar-refractivity contribution in [3.63, 3.8) is 0 Å². The lowest BCUT2D eigenvalue weighted by Gasteiger charge is -2.23. The zero-order valence-corrected chi connectivity index (χ0v) is 8.19. The van der Waals surface area contributed by atoms with Crippen LogP contribution in [0, 0.1) is 17.5 Å². The zero-order valence-electron chi connectivity index (χ0n) is 8.19. The van der Waals surface area contributed by atoms with Crippen LogP contribution in [-0.2, 0) is 0 Å². The van der Waals surface area contributed by atoms with Crippen LogP contribution in [0.25, 0.3) is 0 Å². The van der Waals surface area contributed by atoms with Crippen LogP contribution >= 0.6 is 0 Å². The maximum atomic E-state index is 13.0. The molecule has 0 radical (unpaired) electrons. The summed E-state index contributed by atoms with van der Waals surface area (Å²) >= 11 is 0. The van der Waals surface area contributed by atoms with Gasteiger partial charge < -0.3 is 5.32 Å². The SMILES string of the molecule is Fc1cc(C2CCCCN2)cc(F)c1F. The van der Waals surface area contributed by atoms with E-state index in [1.807, 2.05) is 0 Å². The first-order chi connectivity index (χ1) is 7.18. The molecule has 1 unspecified atom stereocenters. The van der Waals surface area contributed by atoms with Crippen LogP contribution in [0.4, 0.5) is 13.2 Å². The maximum absolute atomic E-state index is 13.0. The van der Waals surface area contributed by atoms with E-state index in [9.17, 15) is 13.2 Å². The van der Waals surface area contributed by atoms with Crippen LogP contribution in [0.3, 0.4) is 0 Å². The lowest BCUT2D eigenvalue weighted by atomic mass is 9.97. The molecule has 0 aromatic heterocycles. The zero-order chi connectivity index (χ0) is 10.8. The molecular formula is C11H12F3N. The predicted molar refractivity (Wildman–Crippen MR) is 50.9 cm³/mol. The third kappa shape index (κ3) is 2.15. The largest absolute Gasteiger partial charge is 0.310 e. The monoisotopic (exact) mass is 215 g/mol. The average molecular weight is 215 g/mol. The molecule has 82 valence electrons. The van der Waals surface area contributed by atoms with Gasteiger partial charge in [0.25, 0.3) is 0 Å². The lowest BCUT2D eigenvalue weighted by Crippen LogP contribution is -2.27. The first-order valence-corrected chi connectivity index (χ1v) is 5.06. The maximum Gasteiger partial charge on any atom is 0.194 e. The highest BCUT2D eigenvalue weighted by Crippen LogP contribution is 2.25. The van der Waals surface area contributed by atoms with Crippen LogP contribution in [0.15, 0.2) is 12.1 Å². The molecule has 1 fully saturated rings. The van der Waals surface area contributed by atoms with Crippen molar-refractivity contribution < 1.29 is 13.2 Å². The van der Waals surface area contributed by atoms with Crippen molar-refractivity contribution in [3.8, 4) is 0 Å². The second-order valence-electron chi connectivity index (χ2n) is 3.80. The van der Waals surface area contributed by atoms with Crippen molar-refractivity contribution in [2.45, 2.75) is 25.3 Å². The summed E-state index contributed by atoms with van der Waals surface area (Å²) in [5.74, 6) is -3.62. The Labute approximate surface area is 86.3 Å². The summed E-state index contributed by atoms with van der Waals surface area (Å²) in [4.78, 5) is 0. The third-order valence-electron chi connectivity index (χ3n) is 2.72. The summed E-state index contributed by atoms with van der Waals surface area (Å²) in [6.45, 7) is 0.839. The fraction of sp³-hybridized carbons (Fsp3) is 0.455. The molecule has 1 saturated heterocycles. The van der Waals surface area contributed by atoms with Gasteiger partial charge in [-0.1, -0.05) is 6.42 Å². The third-order valence-corrected chi connectivity index (χ3v) is 2.72. The number of benzene rings is 1. The average Bonchev–Trinajstić information content (AvgIpc) is 2.26. The van der Waals surface area contributed by atoms with Gasteiger partial charge in [0.1, 0.15) is 0 Å². The van der Waals surface area contributed by atoms with Gasteiger partial charge >= 0.3 is 0 Å². The van der Waals surface area contributed by atoms with Crippen molar-refractivity contribution in [2.75, 3.05) is 6.54 Å². The molecule has 1 atom stereocenters. The van der Waals surface area contributed by atoms with E-state index in [1.54, 1.807) is 0 Å². The molecule has 1 N–H and O–H groups in total. The number of rotatable bonds is 1. The number of hydrogen-bond acceptors (Lipinski definition) is 1. The van der Waals surface area contributed by atoms with Crippen LogP contribution in [-0.4, -0.2) is 6.54 Å². The minimum atomic E-state index is -1.39. The summed E-state index contributed by atoms with van der Waals surface area (Å²) in [5.41, 5.74) is 0.492. The lowest BCUT2D eigenvalue weighted by molar-refractivity contribution is 0.400. The normalized spacial score (nSPS) is 21.7. The van der Waals surface area contributed by atoms with Crippen LogP contribution < -0.4 is 5.32 Å². The fourth-order valence-corrected chi connectivity index (χ4v) is 1.91. The molecule has 0 aliphatic carbocycles. The van der Waals surface area contributed by atoms with Crippen LogP contribution in [0.1, 0.15) is 30.9 Å². The quantitative estimate of drug-likeness (QED) is 0.710. The highest BCUT2D eigenvalue weighted by atomic mass is 19.2. The molecule has 0 bridgehead atoms. The van der Waals surface area contributed by atoms with Crippen molar-refractivity contribution in [1.82, 2.24) is 5.32 Å². The van der Waals surface area contributed by atoms with Gasteiger partial charge in [-0.3, -0.25) is 0 Å². The molecule has 0 saturated carbocycles. The molecule has 1 aromatic rings. The van der Waals surface area contributed by atoms with Crippen molar-refractivity contribution in [2.24, 2.45) is 0 Å². The Morgan fingerprint density at radius 2 is 1.73 bits per heavy atom. The van der Waals surface area contributed by atoms with E-state index < -0.39 is 17.5 Å². The second kappa shape index (κ2) is 4.23. The molecule has 1 nitrogen and oxygen atoms in total. The molecule has 0 amide bonds. The van der Waals surface area contributed by atoms with Gasteiger partial charge in [-0.15, -0.1) is 0 Å². The topological polar surface area (TPSA) is 12.0 Å². The van der Waals surface area contributed by atoms with E-state index in [1.165, 1.54) is 0 Å². The Balaban J connectivity index is 2.27. The number of hydrogen-bond donors (Lipinski definition) is 1. The summed E-state index contributed by atoms with van der Waals surface area (Å²) in [6, 6.07) is 2.09.